The lowest BCUT2D eigenvalue weighted by Gasteiger charge is -1.98. The predicted octanol–water partition coefficient (Wildman–Crippen LogP) is 2.01. The van der Waals surface area contributed by atoms with E-state index in [1.165, 1.54) is 4.68 Å². The lowest BCUT2D eigenvalue weighted by Crippen LogP contribution is -2.12. The molecule has 0 saturated heterocycles. The molecule has 6 nitrogen and oxygen atoms in total. The topological polar surface area (TPSA) is 94.0 Å². The van der Waals surface area contributed by atoms with E-state index in [-0.39, 0.29) is 12.4 Å². The largest absolute Gasteiger partial charge is 0.480 e. The summed E-state index contributed by atoms with van der Waals surface area (Å²) in [6.07, 6.45) is 3.29. The number of carboxylic acids is 1. The Labute approximate surface area is 138 Å². The summed E-state index contributed by atoms with van der Waals surface area (Å²) in [5.41, 5.74) is 8.64. The zero-order valence-electron chi connectivity index (χ0n) is 12.7. The SMILES string of the molecule is Nc1c(C#Cc2ccccc2)c(-c2cccnc2)nn1CC(=O)O. The van der Waals surface area contributed by atoms with Crippen LogP contribution in [0.2, 0.25) is 0 Å². The maximum atomic E-state index is 11.0. The quantitative estimate of drug-likeness (QED) is 0.720. The highest BCUT2D eigenvalue weighted by atomic mass is 16.4. The number of hydrogen-bond donors (Lipinski definition) is 2. The van der Waals surface area contributed by atoms with Crippen LogP contribution in [0.1, 0.15) is 11.1 Å². The van der Waals surface area contributed by atoms with Gasteiger partial charge >= 0.3 is 5.97 Å². The fourth-order valence-corrected chi connectivity index (χ4v) is 2.21. The molecule has 6 heteroatoms. The first kappa shape index (κ1) is 15.3. The summed E-state index contributed by atoms with van der Waals surface area (Å²) in [4.78, 5) is 15.1. The van der Waals surface area contributed by atoms with Crippen molar-refractivity contribution in [3.63, 3.8) is 0 Å². The van der Waals surface area contributed by atoms with Gasteiger partial charge in [-0.05, 0) is 24.3 Å². The van der Waals surface area contributed by atoms with Gasteiger partial charge in [0.05, 0.1) is 5.56 Å². The molecule has 0 aliphatic carbocycles. The van der Waals surface area contributed by atoms with E-state index in [4.69, 9.17) is 10.8 Å². The van der Waals surface area contributed by atoms with Crippen LogP contribution < -0.4 is 5.73 Å². The summed E-state index contributed by atoms with van der Waals surface area (Å²) in [6.45, 7) is -0.327. The Morgan fingerprint density at radius 2 is 1.96 bits per heavy atom. The van der Waals surface area contributed by atoms with Crippen LogP contribution in [0, 0.1) is 11.8 Å². The number of aliphatic carboxylic acids is 1. The van der Waals surface area contributed by atoms with Gasteiger partial charge in [-0.1, -0.05) is 30.0 Å². The van der Waals surface area contributed by atoms with Crippen molar-refractivity contribution in [1.82, 2.24) is 14.8 Å². The molecule has 0 amide bonds. The van der Waals surface area contributed by atoms with E-state index < -0.39 is 5.97 Å². The summed E-state index contributed by atoms with van der Waals surface area (Å²) in [5, 5.41) is 13.3. The summed E-state index contributed by atoms with van der Waals surface area (Å²) in [6, 6.07) is 13.1. The molecule has 2 aromatic heterocycles. The van der Waals surface area contributed by atoms with Crippen LogP contribution in [0.4, 0.5) is 5.82 Å². The number of carbonyl (C=O) groups is 1. The van der Waals surface area contributed by atoms with E-state index in [2.05, 4.69) is 21.9 Å². The molecule has 0 saturated carbocycles. The molecule has 3 rings (SSSR count). The van der Waals surface area contributed by atoms with Gasteiger partial charge in [0.15, 0.2) is 0 Å². The third-order valence-corrected chi connectivity index (χ3v) is 3.32. The van der Waals surface area contributed by atoms with Crippen molar-refractivity contribution < 1.29 is 9.90 Å². The average molecular weight is 318 g/mol. The van der Waals surface area contributed by atoms with Gasteiger partial charge in [0.2, 0.25) is 0 Å². The van der Waals surface area contributed by atoms with E-state index in [1.807, 2.05) is 36.4 Å². The zero-order valence-corrected chi connectivity index (χ0v) is 12.7. The first-order chi connectivity index (χ1) is 11.6. The number of hydrogen-bond acceptors (Lipinski definition) is 4. The minimum atomic E-state index is -1.02. The number of nitrogens with two attached hydrogens (primary N) is 1. The number of aromatic nitrogens is 3. The number of rotatable bonds is 3. The third kappa shape index (κ3) is 3.25. The number of nitrogen functional groups attached to an aromatic ring is 1. The monoisotopic (exact) mass is 318 g/mol. The summed E-state index contributed by atoms with van der Waals surface area (Å²) in [7, 11) is 0. The summed E-state index contributed by atoms with van der Waals surface area (Å²) >= 11 is 0. The molecular weight excluding hydrogens is 304 g/mol. The van der Waals surface area contributed by atoms with Crippen LogP contribution in [-0.4, -0.2) is 25.8 Å². The second-order valence-corrected chi connectivity index (χ2v) is 5.02. The van der Waals surface area contributed by atoms with Crippen molar-refractivity contribution in [1.29, 1.82) is 0 Å². The molecule has 2 heterocycles. The van der Waals surface area contributed by atoms with Crippen LogP contribution in [0.15, 0.2) is 54.9 Å². The highest BCUT2D eigenvalue weighted by Gasteiger charge is 2.17. The molecule has 3 N–H and O–H groups in total. The van der Waals surface area contributed by atoms with Crippen molar-refractivity contribution in [3.05, 3.63) is 66.0 Å². The smallest absolute Gasteiger partial charge is 0.325 e. The van der Waals surface area contributed by atoms with Crippen LogP contribution in [-0.2, 0) is 11.3 Å². The Morgan fingerprint density at radius 1 is 1.17 bits per heavy atom. The molecule has 0 aliphatic heterocycles. The van der Waals surface area contributed by atoms with E-state index in [0.29, 0.717) is 11.3 Å². The van der Waals surface area contributed by atoms with Crippen LogP contribution in [0.25, 0.3) is 11.3 Å². The Morgan fingerprint density at radius 3 is 2.62 bits per heavy atom. The van der Waals surface area contributed by atoms with E-state index in [1.54, 1.807) is 18.5 Å². The zero-order chi connectivity index (χ0) is 16.9. The molecule has 0 aliphatic rings. The molecule has 0 fully saturated rings. The molecule has 1 aromatic carbocycles. The van der Waals surface area contributed by atoms with E-state index in [0.717, 1.165) is 11.1 Å². The fourth-order valence-electron chi connectivity index (χ4n) is 2.21. The van der Waals surface area contributed by atoms with Crippen molar-refractivity contribution in [2.24, 2.45) is 0 Å². The molecule has 0 unspecified atom stereocenters. The van der Waals surface area contributed by atoms with Crippen molar-refractivity contribution in [3.8, 4) is 23.1 Å². The number of anilines is 1. The maximum absolute atomic E-state index is 11.0. The first-order valence-corrected chi connectivity index (χ1v) is 7.20. The van der Waals surface area contributed by atoms with E-state index in [9.17, 15) is 4.79 Å². The number of pyridine rings is 1. The molecular formula is C18H14N4O2. The minimum absolute atomic E-state index is 0.222. The van der Waals surface area contributed by atoms with Crippen molar-refractivity contribution in [2.75, 3.05) is 5.73 Å². The Kier molecular flexibility index (Phi) is 4.25. The molecule has 118 valence electrons. The lowest BCUT2D eigenvalue weighted by atomic mass is 10.1. The minimum Gasteiger partial charge on any atom is -0.480 e. The number of benzene rings is 1. The maximum Gasteiger partial charge on any atom is 0.325 e. The van der Waals surface area contributed by atoms with Gasteiger partial charge in [-0.3, -0.25) is 9.78 Å². The molecule has 24 heavy (non-hydrogen) atoms. The molecule has 0 radical (unpaired) electrons. The van der Waals surface area contributed by atoms with Gasteiger partial charge in [0.25, 0.3) is 0 Å². The van der Waals surface area contributed by atoms with Crippen LogP contribution >= 0.6 is 0 Å². The average Bonchev–Trinajstić information content (AvgIpc) is 2.90. The number of carboxylic acid groups (broad SMARTS) is 1. The van der Waals surface area contributed by atoms with Gasteiger partial charge in [-0.2, -0.15) is 5.10 Å². The molecule has 0 atom stereocenters. The molecule has 0 bridgehead atoms. The van der Waals surface area contributed by atoms with Gasteiger partial charge in [-0.15, -0.1) is 0 Å². The standard InChI is InChI=1S/C18H14N4O2/c19-18-15(9-8-13-5-2-1-3-6-13)17(14-7-4-10-20-11-14)21-22(18)12-16(23)24/h1-7,10-11H,12,19H2,(H,23,24). The molecule has 3 aromatic rings. The Balaban J connectivity index is 2.11. The van der Waals surface area contributed by atoms with Gasteiger partial charge in [0.1, 0.15) is 18.1 Å². The van der Waals surface area contributed by atoms with Crippen LogP contribution in [0.5, 0.6) is 0 Å². The van der Waals surface area contributed by atoms with E-state index >= 15 is 0 Å². The molecule has 0 spiro atoms. The summed E-state index contributed by atoms with van der Waals surface area (Å²) < 4.78 is 1.24. The Hall–Kier alpha value is -3.59. The normalized spacial score (nSPS) is 10.0. The third-order valence-electron chi connectivity index (χ3n) is 3.32. The second-order valence-electron chi connectivity index (χ2n) is 5.02. The first-order valence-electron chi connectivity index (χ1n) is 7.20. The Bertz CT molecular complexity index is 922. The number of nitrogens with zero attached hydrogens (tertiary/aromatic N) is 3. The highest BCUT2D eigenvalue weighted by molar-refractivity contribution is 5.75. The van der Waals surface area contributed by atoms with Crippen molar-refractivity contribution in [2.45, 2.75) is 6.54 Å². The highest BCUT2D eigenvalue weighted by Crippen LogP contribution is 2.26. The predicted molar refractivity (Wildman–Crippen MR) is 89.9 cm³/mol. The van der Waals surface area contributed by atoms with Gasteiger partial charge in [0, 0.05) is 23.5 Å². The fraction of sp³-hybridized carbons (Fsp3) is 0.0556. The van der Waals surface area contributed by atoms with Gasteiger partial charge in [-0.25, -0.2) is 4.68 Å². The summed E-state index contributed by atoms with van der Waals surface area (Å²) in [5.74, 6) is 5.24. The lowest BCUT2D eigenvalue weighted by molar-refractivity contribution is -0.137. The second kappa shape index (κ2) is 6.67. The van der Waals surface area contributed by atoms with Crippen LogP contribution in [0.3, 0.4) is 0 Å². The van der Waals surface area contributed by atoms with Gasteiger partial charge < -0.3 is 10.8 Å². The van der Waals surface area contributed by atoms with Crippen molar-refractivity contribution >= 4 is 11.8 Å².